The van der Waals surface area contributed by atoms with Crippen LogP contribution in [0.15, 0.2) is 226 Å². The van der Waals surface area contributed by atoms with E-state index in [-0.39, 0.29) is 108 Å². The van der Waals surface area contributed by atoms with E-state index < -0.39 is 39.7 Å². The predicted molar refractivity (Wildman–Crippen MR) is 426 cm³/mol. The lowest BCUT2D eigenvalue weighted by Crippen LogP contribution is -2.07. The summed E-state index contributed by atoms with van der Waals surface area (Å²) in [6.07, 6.45) is 6.46. The number of rotatable bonds is 17. The molecule has 10 N–H and O–H groups in total. The Kier molecular flexibility index (Phi) is 26.1. The van der Waals surface area contributed by atoms with Crippen molar-refractivity contribution in [2.45, 2.75) is 105 Å². The van der Waals surface area contributed by atoms with Crippen molar-refractivity contribution in [1.82, 2.24) is 0 Å². The molecule has 5 heterocycles. The topological polar surface area (TPSA) is 387 Å². The highest BCUT2D eigenvalue weighted by molar-refractivity contribution is 9.10. The van der Waals surface area contributed by atoms with Gasteiger partial charge in [0.25, 0.3) is 0 Å². The van der Waals surface area contributed by atoms with E-state index in [1.54, 1.807) is 49.4 Å². The van der Waals surface area contributed by atoms with Crippen molar-refractivity contribution in [2.24, 2.45) is 0 Å². The lowest BCUT2D eigenvalue weighted by Gasteiger charge is -2.12. The van der Waals surface area contributed by atoms with E-state index in [1.165, 1.54) is 54.6 Å². The highest BCUT2D eigenvalue weighted by atomic mass is 79.9. The smallest absolute Gasteiger partial charge is 0.336 e. The van der Waals surface area contributed by atoms with Crippen LogP contribution in [0, 0.1) is 0 Å². The molecule has 0 bridgehead atoms. The molecule has 9 aromatic carbocycles. The quantitative estimate of drug-likeness (QED) is 0.0299. The minimum Gasteiger partial charge on any atom is -0.508 e. The Labute approximate surface area is 645 Å². The number of aryl methyl sites for hydroxylation is 4. The van der Waals surface area contributed by atoms with Gasteiger partial charge in [-0.25, -0.2) is 24.0 Å². The number of benzene rings is 9. The maximum absolute atomic E-state index is 12.8. The van der Waals surface area contributed by atoms with Gasteiger partial charge in [0, 0.05) is 118 Å². The van der Waals surface area contributed by atoms with Gasteiger partial charge in [0.15, 0.2) is 16.9 Å². The number of Topliss-reactive ketones (excluding diaryl/α,β-unsaturated/α-hetero) is 1. The number of hydrogen-bond donors (Lipinski definition) is 10. The Morgan fingerprint density at radius 1 is 0.369 bits per heavy atom. The van der Waals surface area contributed by atoms with Crippen LogP contribution in [-0.4, -0.2) is 62.6 Å². The number of carbonyl (C=O) groups is 2. The first-order chi connectivity index (χ1) is 53.1. The van der Waals surface area contributed by atoms with E-state index in [1.807, 2.05) is 94.4 Å². The fraction of sp³-hybridized carbons (Fsp3) is 0.184. The third kappa shape index (κ3) is 18.6. The van der Waals surface area contributed by atoms with Crippen LogP contribution in [0.25, 0.3) is 66.0 Å². The maximum Gasteiger partial charge on any atom is 0.336 e. The van der Waals surface area contributed by atoms with Gasteiger partial charge in [-0.1, -0.05) is 173 Å². The third-order valence-corrected chi connectivity index (χ3v) is 18.5. The van der Waals surface area contributed by atoms with E-state index >= 15 is 0 Å². The molecule has 5 aromatic heterocycles. The molecule has 24 heteroatoms. The van der Waals surface area contributed by atoms with Crippen molar-refractivity contribution >= 4 is 93.9 Å². The Morgan fingerprint density at radius 2 is 0.757 bits per heavy atom. The summed E-state index contributed by atoms with van der Waals surface area (Å²) in [5.74, 6) is -2.69. The molecule has 14 rings (SSSR count). The zero-order valence-corrected chi connectivity index (χ0v) is 63.0. The zero-order valence-electron chi connectivity index (χ0n) is 60.6. The molecular weight excluding hydrogens is 1510 g/mol. The number of halogens is 2. The molecule has 111 heavy (non-hydrogen) atoms. The summed E-state index contributed by atoms with van der Waals surface area (Å²) >= 11 is 9.43. The van der Waals surface area contributed by atoms with Crippen LogP contribution in [0.4, 0.5) is 0 Å². The molecule has 0 radical (unpaired) electrons. The first kappa shape index (κ1) is 80.7. The Morgan fingerprint density at radius 3 is 1.20 bits per heavy atom. The summed E-state index contributed by atoms with van der Waals surface area (Å²) in [6.45, 7) is 9.52. The average molecular weight is 1590 g/mol. The Balaban J connectivity index is 0.000000148. The van der Waals surface area contributed by atoms with Crippen LogP contribution in [0.3, 0.4) is 0 Å². The molecule has 570 valence electrons. The first-order valence-electron chi connectivity index (χ1n) is 35.4. The van der Waals surface area contributed by atoms with E-state index in [0.29, 0.717) is 104 Å². The average Bonchev–Trinajstić information content (AvgIpc) is 0.768. The van der Waals surface area contributed by atoms with E-state index in [9.17, 15) is 84.6 Å². The Bertz CT molecular complexity index is 6000. The van der Waals surface area contributed by atoms with Gasteiger partial charge in [-0.05, 0) is 88.9 Å². The summed E-state index contributed by atoms with van der Waals surface area (Å²) in [6, 6.07) is 46.6. The van der Waals surface area contributed by atoms with Crippen LogP contribution in [0.1, 0.15) is 138 Å². The number of phenols is 10. The second-order valence-electron chi connectivity index (χ2n) is 25.8. The molecule has 0 unspecified atom stereocenters. The van der Waals surface area contributed by atoms with Crippen molar-refractivity contribution in [3.63, 3.8) is 0 Å². The normalized spacial score (nSPS) is 10.9. The van der Waals surface area contributed by atoms with Gasteiger partial charge < -0.3 is 73.2 Å². The van der Waals surface area contributed by atoms with Crippen molar-refractivity contribution in [3.05, 3.63) is 299 Å². The molecule has 0 aliphatic carbocycles. The van der Waals surface area contributed by atoms with Gasteiger partial charge in [0.05, 0.1) is 26.9 Å². The molecule has 14 aromatic rings. The summed E-state index contributed by atoms with van der Waals surface area (Å²) in [5.41, 5.74) is 4.75. The van der Waals surface area contributed by atoms with E-state index in [0.717, 1.165) is 64.5 Å². The standard InChI is InChI=1S/C19H17BrO4.C19H17ClO4.C19H16O5.C15H16O5.C15H10O4/c2*1-2-4-12-9-17(23)24-19-14(15(21)10-16(22)18(12)19)8-11-5-3-6-13(20)7-11;1-2-6-12-9-15(22)24-19-16(12)13(20)10-14(21)17(19)18(23)11-7-4-3-5-8-11;1-3-5-8-6-12(19)20-15-13(8)10(17)7-11(18)14(15)9(16)4-2;16-10-6-12(17)15-11(9-4-2-1-3-5-9)8-14(18)19-13(15)7-10/h2*3,5-7,9-10,21-22H,2,4,8H2,1H3;3-5,7-10,20-21H,2,6H2,1H3;6-7,17-18H,3-5H2,1-2H3;1-8,16-17H. The molecule has 0 spiro atoms. The van der Waals surface area contributed by atoms with E-state index in [4.69, 9.17) is 33.7 Å². The highest BCUT2D eigenvalue weighted by Crippen LogP contribution is 2.43. The number of ketones is 2. The second kappa shape index (κ2) is 35.9. The minimum atomic E-state index is -0.627. The lowest BCUT2D eigenvalue weighted by atomic mass is 9.96. The number of hydrogen-bond acceptors (Lipinski definition) is 22. The molecule has 0 aliphatic heterocycles. The van der Waals surface area contributed by atoms with Gasteiger partial charge in [-0.15, -0.1) is 0 Å². The largest absolute Gasteiger partial charge is 0.508 e. The number of phenolic OH excluding ortho intramolecular Hbond substituents is 10. The summed E-state index contributed by atoms with van der Waals surface area (Å²) in [5, 5.41) is 103. The summed E-state index contributed by atoms with van der Waals surface area (Å²) < 4.78 is 26.9. The monoisotopic (exact) mass is 1590 g/mol. The third-order valence-electron chi connectivity index (χ3n) is 17.8. The minimum absolute atomic E-state index is 0.0368. The first-order valence-corrected chi connectivity index (χ1v) is 36.5. The zero-order chi connectivity index (χ0) is 80.1. The molecule has 0 aliphatic rings. The highest BCUT2D eigenvalue weighted by Gasteiger charge is 2.26. The molecule has 0 amide bonds. The number of fused-ring (bicyclic) bond motifs is 5. The molecule has 0 atom stereocenters. The maximum atomic E-state index is 12.8. The molecule has 0 saturated heterocycles. The van der Waals surface area contributed by atoms with Crippen molar-refractivity contribution in [3.8, 4) is 68.6 Å². The fourth-order valence-corrected chi connectivity index (χ4v) is 13.7. The molecule has 0 saturated carbocycles. The van der Waals surface area contributed by atoms with Crippen LogP contribution in [0.2, 0.25) is 5.02 Å². The lowest BCUT2D eigenvalue weighted by molar-refractivity contribution is 0.0984. The van der Waals surface area contributed by atoms with Gasteiger partial charge in [0.2, 0.25) is 5.78 Å². The van der Waals surface area contributed by atoms with Crippen LogP contribution < -0.4 is 28.1 Å². The summed E-state index contributed by atoms with van der Waals surface area (Å²) in [7, 11) is 0. The fourth-order valence-electron chi connectivity index (χ4n) is 13.1. The van der Waals surface area contributed by atoms with Gasteiger partial charge >= 0.3 is 28.1 Å². The number of carbonyl (C=O) groups excluding carboxylic acids is 2. The van der Waals surface area contributed by atoms with Crippen LogP contribution >= 0.6 is 27.5 Å². The van der Waals surface area contributed by atoms with Crippen LogP contribution in [0.5, 0.6) is 57.5 Å². The summed E-state index contributed by atoms with van der Waals surface area (Å²) in [4.78, 5) is 83.6. The van der Waals surface area contributed by atoms with Crippen LogP contribution in [-0.2, 0) is 38.5 Å². The van der Waals surface area contributed by atoms with Crippen molar-refractivity contribution in [1.29, 1.82) is 0 Å². The van der Waals surface area contributed by atoms with Crippen molar-refractivity contribution in [2.75, 3.05) is 0 Å². The number of aromatic hydroxyl groups is 10. The van der Waals surface area contributed by atoms with Gasteiger partial charge in [-0.2, -0.15) is 0 Å². The molecular formula is C87H76BrClO22. The Hall–Kier alpha value is -12.9. The van der Waals surface area contributed by atoms with E-state index in [2.05, 4.69) is 15.9 Å². The SMILES string of the molecule is CCCc1cc(=O)oc2c(C(=O)CC)c(O)cc(O)c12.CCCc1cc(=O)oc2c(C(=O)c3ccccc3)c(O)cc(O)c12.CCCc1cc(=O)oc2c(Cc3cccc(Br)c3)c(O)cc(O)c12.CCCc1cc(=O)oc2c(Cc3cccc(Cl)c3)c(O)cc(O)c12.O=c1cc(-c2ccccc2)c2c(O)cc(O)cc2o1. The second-order valence-corrected chi connectivity index (χ2v) is 27.2. The molecule has 22 nitrogen and oxygen atoms in total. The van der Waals surface area contributed by atoms with Gasteiger partial charge in [0.1, 0.15) is 85.4 Å². The van der Waals surface area contributed by atoms with Gasteiger partial charge in [-0.3, -0.25) is 9.59 Å². The van der Waals surface area contributed by atoms with Crippen molar-refractivity contribution < 1.29 is 82.7 Å². The predicted octanol–water partition coefficient (Wildman–Crippen LogP) is 17.9. The molecule has 0 fully saturated rings.